The molecule has 3 N–H and O–H groups in total. The van der Waals surface area contributed by atoms with Crippen LogP contribution in [0.15, 0.2) is 24.3 Å². The summed E-state index contributed by atoms with van der Waals surface area (Å²) >= 11 is 0. The van der Waals surface area contributed by atoms with Gasteiger partial charge in [-0.1, -0.05) is 12.1 Å². The molecule has 2 rings (SSSR count). The second-order valence-electron chi connectivity index (χ2n) is 5.13. The average Bonchev–Trinajstić information content (AvgIpc) is 2.42. The van der Waals surface area contributed by atoms with Gasteiger partial charge in [-0.05, 0) is 30.5 Å². The van der Waals surface area contributed by atoms with Gasteiger partial charge in [0.25, 0.3) is 0 Å². The molecule has 1 aromatic rings. The van der Waals surface area contributed by atoms with Crippen molar-refractivity contribution in [3.05, 3.63) is 35.4 Å². The summed E-state index contributed by atoms with van der Waals surface area (Å²) in [5, 5.41) is 8.82. The lowest BCUT2D eigenvalue weighted by atomic mass is 9.93. The molecule has 19 heavy (non-hydrogen) atoms. The fourth-order valence-corrected chi connectivity index (χ4v) is 2.33. The molecule has 1 heterocycles. The Labute approximate surface area is 112 Å². The van der Waals surface area contributed by atoms with Gasteiger partial charge in [-0.2, -0.15) is 0 Å². The van der Waals surface area contributed by atoms with Crippen molar-refractivity contribution in [3.63, 3.8) is 0 Å². The Kier molecular flexibility index (Phi) is 4.17. The molecule has 0 radical (unpaired) electrons. The Morgan fingerprint density at radius 3 is 2.37 bits per heavy atom. The molecule has 1 aliphatic heterocycles. The van der Waals surface area contributed by atoms with Crippen molar-refractivity contribution in [3.8, 4) is 0 Å². The molecule has 0 bridgehead atoms. The second kappa shape index (κ2) is 5.67. The van der Waals surface area contributed by atoms with Crippen molar-refractivity contribution in [1.82, 2.24) is 4.90 Å². The number of carbonyl (C=O) groups is 1. The van der Waals surface area contributed by atoms with E-state index < -0.39 is 11.6 Å². The molecule has 0 spiro atoms. The second-order valence-corrected chi connectivity index (χ2v) is 5.13. The van der Waals surface area contributed by atoms with Crippen LogP contribution in [0.3, 0.4) is 0 Å². The third-order valence-electron chi connectivity index (χ3n) is 3.73. The van der Waals surface area contributed by atoms with E-state index in [1.165, 1.54) is 0 Å². The number of aromatic carboxylic acids is 1. The Morgan fingerprint density at radius 2 is 1.89 bits per heavy atom. The first-order valence-corrected chi connectivity index (χ1v) is 6.46. The predicted octanol–water partition coefficient (Wildman–Crippen LogP) is 1.65. The van der Waals surface area contributed by atoms with Gasteiger partial charge in [0.05, 0.1) is 5.56 Å². The summed E-state index contributed by atoms with van der Waals surface area (Å²) in [4.78, 5) is 12.9. The molecular formula is C14H19FN2O2. The van der Waals surface area contributed by atoms with Gasteiger partial charge in [0.15, 0.2) is 0 Å². The molecule has 1 aliphatic rings. The number of nitrogens with two attached hydrogens (primary N) is 1. The zero-order valence-electron chi connectivity index (χ0n) is 10.8. The van der Waals surface area contributed by atoms with E-state index >= 15 is 0 Å². The highest BCUT2D eigenvalue weighted by Gasteiger charge is 2.32. The minimum atomic E-state index is -1.20. The van der Waals surface area contributed by atoms with E-state index in [1.54, 1.807) is 12.1 Å². The highest BCUT2D eigenvalue weighted by atomic mass is 19.1. The van der Waals surface area contributed by atoms with Crippen molar-refractivity contribution < 1.29 is 14.3 Å². The Hall–Kier alpha value is -1.46. The van der Waals surface area contributed by atoms with Crippen LogP contribution >= 0.6 is 0 Å². The number of hydrogen-bond donors (Lipinski definition) is 2. The number of piperidine rings is 1. The number of likely N-dealkylation sites (tertiary alicyclic amines) is 1. The van der Waals surface area contributed by atoms with Crippen LogP contribution in [0.4, 0.5) is 4.39 Å². The van der Waals surface area contributed by atoms with Gasteiger partial charge in [0.2, 0.25) is 0 Å². The molecule has 5 heteroatoms. The number of nitrogens with zero attached hydrogens (tertiary/aromatic N) is 1. The summed E-state index contributed by atoms with van der Waals surface area (Å²) in [6.45, 7) is 2.19. The Morgan fingerprint density at radius 1 is 1.32 bits per heavy atom. The van der Waals surface area contributed by atoms with Gasteiger partial charge in [-0.3, -0.25) is 4.90 Å². The SMILES string of the molecule is NCC1(F)CCN(Cc2ccc(C(=O)O)cc2)CC1. The molecule has 0 aliphatic carbocycles. The number of alkyl halides is 1. The molecule has 104 valence electrons. The van der Waals surface area contributed by atoms with Crippen molar-refractivity contribution in [2.75, 3.05) is 19.6 Å². The third-order valence-corrected chi connectivity index (χ3v) is 3.73. The lowest BCUT2D eigenvalue weighted by molar-refractivity contribution is 0.0619. The number of carboxylic acids is 1. The normalized spacial score (nSPS) is 19.3. The van der Waals surface area contributed by atoms with Crippen LogP contribution in [0.5, 0.6) is 0 Å². The largest absolute Gasteiger partial charge is 0.478 e. The lowest BCUT2D eigenvalue weighted by Gasteiger charge is -2.35. The summed E-state index contributed by atoms with van der Waals surface area (Å²) in [6, 6.07) is 6.81. The molecule has 1 saturated heterocycles. The summed E-state index contributed by atoms with van der Waals surface area (Å²) in [5.41, 5.74) is 5.56. The molecule has 0 atom stereocenters. The van der Waals surface area contributed by atoms with E-state index in [4.69, 9.17) is 10.8 Å². The van der Waals surface area contributed by atoms with E-state index in [0.29, 0.717) is 25.9 Å². The van der Waals surface area contributed by atoms with E-state index in [-0.39, 0.29) is 12.1 Å². The Bertz CT molecular complexity index is 439. The fourth-order valence-electron chi connectivity index (χ4n) is 2.33. The molecular weight excluding hydrogens is 247 g/mol. The summed E-state index contributed by atoms with van der Waals surface area (Å²) in [5.74, 6) is -0.922. The molecule has 0 aromatic heterocycles. The van der Waals surface area contributed by atoms with E-state index in [0.717, 1.165) is 12.1 Å². The lowest BCUT2D eigenvalue weighted by Crippen LogP contribution is -2.45. The maximum Gasteiger partial charge on any atom is 0.335 e. The maximum absolute atomic E-state index is 13.9. The van der Waals surface area contributed by atoms with Crippen LogP contribution in [0.1, 0.15) is 28.8 Å². The monoisotopic (exact) mass is 266 g/mol. The maximum atomic E-state index is 13.9. The number of hydrogen-bond acceptors (Lipinski definition) is 3. The first kappa shape index (κ1) is 14.0. The van der Waals surface area contributed by atoms with Crippen LogP contribution in [-0.2, 0) is 6.54 Å². The Balaban J connectivity index is 1.90. The van der Waals surface area contributed by atoms with Crippen molar-refractivity contribution in [2.45, 2.75) is 25.1 Å². The zero-order chi connectivity index (χ0) is 13.9. The van der Waals surface area contributed by atoms with E-state index in [1.807, 2.05) is 12.1 Å². The van der Waals surface area contributed by atoms with Gasteiger partial charge in [-0.25, -0.2) is 9.18 Å². The predicted molar refractivity (Wildman–Crippen MR) is 70.8 cm³/mol. The molecule has 4 nitrogen and oxygen atoms in total. The van der Waals surface area contributed by atoms with Crippen molar-refractivity contribution in [1.29, 1.82) is 0 Å². The summed E-state index contributed by atoms with van der Waals surface area (Å²) < 4.78 is 13.9. The van der Waals surface area contributed by atoms with E-state index in [9.17, 15) is 9.18 Å². The minimum Gasteiger partial charge on any atom is -0.478 e. The minimum absolute atomic E-state index is 0.0914. The average molecular weight is 266 g/mol. The summed E-state index contributed by atoms with van der Waals surface area (Å²) in [6.07, 6.45) is 0.938. The van der Waals surface area contributed by atoms with Gasteiger partial charge in [0, 0.05) is 26.2 Å². The number of benzene rings is 1. The first-order valence-electron chi connectivity index (χ1n) is 6.46. The molecule has 0 amide bonds. The van der Waals surface area contributed by atoms with Crippen LogP contribution in [0.25, 0.3) is 0 Å². The van der Waals surface area contributed by atoms with E-state index in [2.05, 4.69) is 4.90 Å². The topological polar surface area (TPSA) is 66.6 Å². The van der Waals surface area contributed by atoms with Crippen LogP contribution < -0.4 is 5.73 Å². The standard InChI is InChI=1S/C14H19FN2O2/c15-14(10-16)5-7-17(8-6-14)9-11-1-3-12(4-2-11)13(18)19/h1-4H,5-10,16H2,(H,18,19). The van der Waals surface area contributed by atoms with Crippen molar-refractivity contribution >= 4 is 5.97 Å². The molecule has 1 aromatic carbocycles. The fraction of sp³-hybridized carbons (Fsp3) is 0.500. The highest BCUT2D eigenvalue weighted by molar-refractivity contribution is 5.87. The molecule has 1 fully saturated rings. The molecule has 0 unspecified atom stereocenters. The smallest absolute Gasteiger partial charge is 0.335 e. The number of halogens is 1. The van der Waals surface area contributed by atoms with Crippen LogP contribution in [0, 0.1) is 0 Å². The number of carboxylic acid groups (broad SMARTS) is 1. The molecule has 0 saturated carbocycles. The van der Waals surface area contributed by atoms with Gasteiger partial charge >= 0.3 is 5.97 Å². The van der Waals surface area contributed by atoms with Gasteiger partial charge < -0.3 is 10.8 Å². The van der Waals surface area contributed by atoms with Crippen LogP contribution in [-0.4, -0.2) is 41.3 Å². The first-order chi connectivity index (χ1) is 9.02. The zero-order valence-corrected chi connectivity index (χ0v) is 10.8. The quantitative estimate of drug-likeness (QED) is 0.869. The van der Waals surface area contributed by atoms with Crippen LogP contribution in [0.2, 0.25) is 0 Å². The summed E-state index contributed by atoms with van der Waals surface area (Å²) in [7, 11) is 0. The van der Waals surface area contributed by atoms with Crippen molar-refractivity contribution in [2.24, 2.45) is 5.73 Å². The number of rotatable bonds is 4. The van der Waals surface area contributed by atoms with Gasteiger partial charge in [0.1, 0.15) is 5.67 Å². The third kappa shape index (κ3) is 3.52. The van der Waals surface area contributed by atoms with Gasteiger partial charge in [-0.15, -0.1) is 0 Å². The highest BCUT2D eigenvalue weighted by Crippen LogP contribution is 2.26.